The first-order valence-electron chi connectivity index (χ1n) is 6.87. The Morgan fingerprint density at radius 3 is 2.77 bits per heavy atom. The first-order valence-corrected chi connectivity index (χ1v) is 9.11. The van der Waals surface area contributed by atoms with Crippen LogP contribution in [0.2, 0.25) is 10.0 Å². The number of ether oxygens (including phenoxy) is 1. The van der Waals surface area contributed by atoms with Gasteiger partial charge in [0, 0.05) is 20.1 Å². The van der Waals surface area contributed by atoms with E-state index in [4.69, 9.17) is 27.9 Å². The summed E-state index contributed by atoms with van der Waals surface area (Å²) in [5.41, 5.74) is 0.00571. The Morgan fingerprint density at radius 1 is 1.32 bits per heavy atom. The van der Waals surface area contributed by atoms with E-state index >= 15 is 0 Å². The Hall–Kier alpha value is -0.410. The summed E-state index contributed by atoms with van der Waals surface area (Å²) in [7, 11) is -2.20. The zero-order valence-corrected chi connectivity index (χ0v) is 14.5. The fourth-order valence-corrected chi connectivity index (χ4v) is 3.20. The van der Waals surface area contributed by atoms with Gasteiger partial charge in [0.05, 0.1) is 16.7 Å². The minimum absolute atomic E-state index is 0.107. The van der Waals surface area contributed by atoms with Crippen LogP contribution in [0.25, 0.3) is 0 Å². The van der Waals surface area contributed by atoms with E-state index in [-0.39, 0.29) is 6.54 Å². The lowest BCUT2D eigenvalue weighted by Gasteiger charge is -2.33. The van der Waals surface area contributed by atoms with Gasteiger partial charge in [-0.25, -0.2) is 4.72 Å². The number of halogens is 2. The predicted molar refractivity (Wildman–Crippen MR) is 87.6 cm³/mol. The van der Waals surface area contributed by atoms with Gasteiger partial charge in [-0.2, -0.15) is 13.1 Å². The lowest BCUT2D eigenvalue weighted by atomic mass is 9.90. The van der Waals surface area contributed by atoms with Gasteiger partial charge in [-0.05, 0) is 30.7 Å². The van der Waals surface area contributed by atoms with Crippen LogP contribution < -0.4 is 14.8 Å². The van der Waals surface area contributed by atoms with Crippen molar-refractivity contribution in [3.05, 3.63) is 33.8 Å². The number of hydrogen-bond acceptors (Lipinski definition) is 4. The molecule has 1 fully saturated rings. The Bertz CT molecular complexity index is 617. The Labute approximate surface area is 140 Å². The van der Waals surface area contributed by atoms with Crippen LogP contribution in [0.4, 0.5) is 0 Å². The first kappa shape index (κ1) is 17.9. The molecule has 0 amide bonds. The summed E-state index contributed by atoms with van der Waals surface area (Å²) in [4.78, 5) is 0. The summed E-state index contributed by atoms with van der Waals surface area (Å²) in [5, 5.41) is 4.09. The summed E-state index contributed by atoms with van der Waals surface area (Å²) in [5.74, 6) is 0. The van der Waals surface area contributed by atoms with Crippen LogP contribution in [0.1, 0.15) is 12.0 Å². The molecule has 3 N–H and O–H groups in total. The largest absolute Gasteiger partial charge is 0.368 e. The Morgan fingerprint density at radius 2 is 2.09 bits per heavy atom. The van der Waals surface area contributed by atoms with E-state index in [2.05, 4.69) is 14.8 Å². The molecule has 1 aliphatic heterocycles. The van der Waals surface area contributed by atoms with Gasteiger partial charge in [-0.1, -0.05) is 29.3 Å². The number of rotatable bonds is 5. The van der Waals surface area contributed by atoms with Crippen molar-refractivity contribution >= 4 is 33.4 Å². The van der Waals surface area contributed by atoms with Crippen LogP contribution in [0.3, 0.4) is 0 Å². The van der Waals surface area contributed by atoms with Crippen molar-refractivity contribution in [3.8, 4) is 0 Å². The summed E-state index contributed by atoms with van der Waals surface area (Å²) in [6, 6.07) is 5.23. The number of nitrogens with one attached hydrogen (secondary N) is 3. The van der Waals surface area contributed by atoms with E-state index in [0.717, 1.165) is 5.56 Å². The summed E-state index contributed by atoms with van der Waals surface area (Å²) < 4.78 is 34.1. The van der Waals surface area contributed by atoms with E-state index < -0.39 is 15.8 Å². The molecule has 0 aromatic heterocycles. The second kappa shape index (κ2) is 7.44. The normalized spacial score (nSPS) is 23.2. The molecule has 0 saturated carbocycles. The molecule has 1 aromatic rings. The monoisotopic (exact) mass is 367 g/mol. The lowest BCUT2D eigenvalue weighted by Crippen LogP contribution is -2.46. The van der Waals surface area contributed by atoms with E-state index in [9.17, 15) is 8.42 Å². The third kappa shape index (κ3) is 4.32. The highest BCUT2D eigenvalue weighted by Crippen LogP contribution is 2.34. The zero-order chi connectivity index (χ0) is 16.2. The standard InChI is InChI=1S/C13H19Cl2N3O3S/c1-16-22(19,20)18-9-13(4-5-17-6-7-21-13)10-2-3-11(14)12(15)8-10/h2-3,8,16-18H,4-7,9H2,1H3/t13-/m1/s1. The molecule has 0 unspecified atom stereocenters. The molecule has 1 atom stereocenters. The Kier molecular flexibility index (Phi) is 6.07. The molecule has 22 heavy (non-hydrogen) atoms. The van der Waals surface area contributed by atoms with E-state index in [1.165, 1.54) is 7.05 Å². The van der Waals surface area contributed by atoms with Crippen molar-refractivity contribution in [2.24, 2.45) is 0 Å². The van der Waals surface area contributed by atoms with Crippen LogP contribution in [-0.4, -0.2) is 41.7 Å². The molecule has 124 valence electrons. The van der Waals surface area contributed by atoms with Crippen LogP contribution in [0, 0.1) is 0 Å². The van der Waals surface area contributed by atoms with Gasteiger partial charge < -0.3 is 10.1 Å². The zero-order valence-electron chi connectivity index (χ0n) is 12.2. The minimum Gasteiger partial charge on any atom is -0.368 e. The van der Waals surface area contributed by atoms with Crippen molar-refractivity contribution in [2.45, 2.75) is 12.0 Å². The predicted octanol–water partition coefficient (Wildman–Crippen LogP) is 1.25. The van der Waals surface area contributed by atoms with Gasteiger partial charge in [-0.3, -0.25) is 0 Å². The second-order valence-electron chi connectivity index (χ2n) is 5.00. The topological polar surface area (TPSA) is 79.5 Å². The molecule has 0 bridgehead atoms. The molecule has 6 nitrogen and oxygen atoms in total. The average Bonchev–Trinajstić information content (AvgIpc) is 2.75. The van der Waals surface area contributed by atoms with Gasteiger partial charge in [0.1, 0.15) is 5.60 Å². The molecule has 0 radical (unpaired) electrons. The molecule has 0 aliphatic carbocycles. The van der Waals surface area contributed by atoms with Crippen molar-refractivity contribution in [3.63, 3.8) is 0 Å². The van der Waals surface area contributed by atoms with Crippen molar-refractivity contribution in [1.29, 1.82) is 0 Å². The van der Waals surface area contributed by atoms with Gasteiger partial charge in [0.2, 0.25) is 0 Å². The molecule has 2 rings (SSSR count). The first-order chi connectivity index (χ1) is 10.4. The maximum absolute atomic E-state index is 11.7. The lowest BCUT2D eigenvalue weighted by molar-refractivity contribution is -0.0382. The Balaban J connectivity index is 2.33. The van der Waals surface area contributed by atoms with Crippen LogP contribution in [0.5, 0.6) is 0 Å². The molecule has 1 heterocycles. The van der Waals surface area contributed by atoms with E-state index in [1.807, 2.05) is 6.07 Å². The van der Waals surface area contributed by atoms with Gasteiger partial charge in [0.25, 0.3) is 10.2 Å². The molecular weight excluding hydrogens is 349 g/mol. The maximum atomic E-state index is 11.7. The van der Waals surface area contributed by atoms with Gasteiger partial charge >= 0.3 is 0 Å². The average molecular weight is 368 g/mol. The van der Waals surface area contributed by atoms with Crippen molar-refractivity contribution < 1.29 is 13.2 Å². The maximum Gasteiger partial charge on any atom is 0.276 e. The highest BCUT2D eigenvalue weighted by molar-refractivity contribution is 7.87. The molecule has 9 heteroatoms. The van der Waals surface area contributed by atoms with Gasteiger partial charge in [0.15, 0.2) is 0 Å². The van der Waals surface area contributed by atoms with Gasteiger partial charge in [-0.15, -0.1) is 0 Å². The summed E-state index contributed by atoms with van der Waals surface area (Å²) in [6.45, 7) is 2.00. The highest BCUT2D eigenvalue weighted by atomic mass is 35.5. The summed E-state index contributed by atoms with van der Waals surface area (Å²) >= 11 is 12.1. The van der Waals surface area contributed by atoms with E-state index in [1.54, 1.807) is 12.1 Å². The third-order valence-electron chi connectivity index (χ3n) is 3.62. The van der Waals surface area contributed by atoms with Crippen molar-refractivity contribution in [2.75, 3.05) is 33.3 Å². The molecular formula is C13H19Cl2N3O3S. The minimum atomic E-state index is -3.55. The second-order valence-corrected chi connectivity index (χ2v) is 7.52. The van der Waals surface area contributed by atoms with Crippen molar-refractivity contribution in [1.82, 2.24) is 14.8 Å². The fourth-order valence-electron chi connectivity index (χ4n) is 2.34. The van der Waals surface area contributed by atoms with Crippen LogP contribution >= 0.6 is 23.2 Å². The molecule has 0 spiro atoms. The van der Waals surface area contributed by atoms with E-state index in [0.29, 0.717) is 36.2 Å². The number of hydrogen-bond donors (Lipinski definition) is 3. The van der Waals surface area contributed by atoms with Crippen LogP contribution in [-0.2, 0) is 20.5 Å². The molecule has 1 aliphatic rings. The smallest absolute Gasteiger partial charge is 0.276 e. The quantitative estimate of drug-likeness (QED) is 0.731. The van der Waals surface area contributed by atoms with Crippen LogP contribution in [0.15, 0.2) is 18.2 Å². The SMILES string of the molecule is CNS(=O)(=O)NC[C@@]1(c2ccc(Cl)c(Cl)c2)CCNCCO1. The summed E-state index contributed by atoms with van der Waals surface area (Å²) in [6.07, 6.45) is 0.608. The number of benzene rings is 1. The molecule has 1 saturated heterocycles. The third-order valence-corrected chi connectivity index (χ3v) is 5.43. The fraction of sp³-hybridized carbons (Fsp3) is 0.538. The highest BCUT2D eigenvalue weighted by Gasteiger charge is 2.35. The molecule has 1 aromatic carbocycles.